The number of aryl methyl sites for hydroxylation is 1. The highest BCUT2D eigenvalue weighted by atomic mass is 16.5. The van der Waals surface area contributed by atoms with Gasteiger partial charge in [-0.15, -0.1) is 0 Å². The molecular weight excluding hydrogens is 352 g/mol. The minimum atomic E-state index is -0.399. The molecule has 0 aliphatic carbocycles. The first-order chi connectivity index (χ1) is 13.5. The normalized spacial score (nSPS) is 10.9. The fraction of sp³-hybridized carbons (Fsp3) is 0.304. The summed E-state index contributed by atoms with van der Waals surface area (Å²) in [5.41, 5.74) is 3.88. The molecule has 0 amide bonds. The van der Waals surface area contributed by atoms with Gasteiger partial charge in [0.1, 0.15) is 11.3 Å². The van der Waals surface area contributed by atoms with Crippen LogP contribution in [0.2, 0.25) is 0 Å². The molecular formula is C23H26N2O3. The maximum absolute atomic E-state index is 12.6. The molecule has 0 bridgehead atoms. The fourth-order valence-electron chi connectivity index (χ4n) is 3.13. The number of carbonyl (C=O) groups is 1. The van der Waals surface area contributed by atoms with Crippen LogP contribution in [0.25, 0.3) is 10.9 Å². The lowest BCUT2D eigenvalue weighted by Gasteiger charge is -2.18. The standard InChI is InChI=1S/C23H26N2O3/c1-5-16-10-9-11-17-21(16)24-14-18(23(26)27-6-2)22(17)25-19-12-7-8-13-20(19)28-15(3)4/h7-15H,5-6H2,1-4H3,(H,24,25). The van der Waals surface area contributed by atoms with Gasteiger partial charge in [0.25, 0.3) is 0 Å². The van der Waals surface area contributed by atoms with Crippen molar-refractivity contribution < 1.29 is 14.3 Å². The summed E-state index contributed by atoms with van der Waals surface area (Å²) in [4.78, 5) is 17.1. The number of fused-ring (bicyclic) bond motifs is 1. The molecule has 0 atom stereocenters. The van der Waals surface area contributed by atoms with Gasteiger partial charge in [-0.3, -0.25) is 4.98 Å². The summed E-state index contributed by atoms with van der Waals surface area (Å²) in [6, 6.07) is 13.7. The van der Waals surface area contributed by atoms with E-state index in [1.54, 1.807) is 13.1 Å². The minimum Gasteiger partial charge on any atom is -0.489 e. The quantitative estimate of drug-likeness (QED) is 0.550. The van der Waals surface area contributed by atoms with Crippen LogP contribution in [0.3, 0.4) is 0 Å². The summed E-state index contributed by atoms with van der Waals surface area (Å²) in [6.45, 7) is 8.15. The van der Waals surface area contributed by atoms with E-state index in [0.717, 1.165) is 34.3 Å². The van der Waals surface area contributed by atoms with Crippen LogP contribution >= 0.6 is 0 Å². The smallest absolute Gasteiger partial charge is 0.341 e. The van der Waals surface area contributed by atoms with Gasteiger partial charge in [0.15, 0.2) is 0 Å². The maximum atomic E-state index is 12.6. The van der Waals surface area contributed by atoms with Gasteiger partial charge >= 0.3 is 5.97 Å². The SMILES string of the molecule is CCOC(=O)c1cnc2c(CC)cccc2c1Nc1ccccc1OC(C)C. The Morgan fingerprint density at radius 1 is 1.11 bits per heavy atom. The van der Waals surface area contributed by atoms with Crippen molar-refractivity contribution in [3.05, 3.63) is 59.8 Å². The molecule has 0 saturated carbocycles. The fourth-order valence-corrected chi connectivity index (χ4v) is 3.13. The highest BCUT2D eigenvalue weighted by Crippen LogP contribution is 2.35. The molecule has 28 heavy (non-hydrogen) atoms. The number of hydrogen-bond donors (Lipinski definition) is 1. The van der Waals surface area contributed by atoms with E-state index in [1.807, 2.05) is 50.2 Å². The lowest BCUT2D eigenvalue weighted by molar-refractivity contribution is 0.0527. The molecule has 1 N–H and O–H groups in total. The third kappa shape index (κ3) is 4.09. The Morgan fingerprint density at radius 2 is 1.89 bits per heavy atom. The first kappa shape index (κ1) is 19.7. The Hall–Kier alpha value is -3.08. The molecule has 2 aromatic carbocycles. The number of rotatable bonds is 7. The number of nitrogens with zero attached hydrogens (tertiary/aromatic N) is 1. The zero-order valence-corrected chi connectivity index (χ0v) is 16.8. The largest absolute Gasteiger partial charge is 0.489 e. The molecule has 0 fully saturated rings. The Balaban J connectivity index is 2.17. The molecule has 1 heterocycles. The van der Waals surface area contributed by atoms with E-state index >= 15 is 0 Å². The number of esters is 1. The summed E-state index contributed by atoms with van der Waals surface area (Å²) in [5.74, 6) is 0.326. The molecule has 5 nitrogen and oxygen atoms in total. The summed E-state index contributed by atoms with van der Waals surface area (Å²) in [7, 11) is 0. The predicted molar refractivity (Wildman–Crippen MR) is 113 cm³/mol. The van der Waals surface area contributed by atoms with Crippen molar-refractivity contribution in [2.24, 2.45) is 0 Å². The molecule has 0 unspecified atom stereocenters. The Bertz CT molecular complexity index is 983. The van der Waals surface area contributed by atoms with E-state index < -0.39 is 5.97 Å². The number of aromatic nitrogens is 1. The number of ether oxygens (including phenoxy) is 2. The zero-order chi connectivity index (χ0) is 20.1. The molecule has 5 heteroatoms. The number of nitrogens with one attached hydrogen (secondary N) is 1. The summed E-state index contributed by atoms with van der Waals surface area (Å²) in [5, 5.41) is 4.29. The van der Waals surface area contributed by atoms with Crippen molar-refractivity contribution >= 4 is 28.2 Å². The topological polar surface area (TPSA) is 60.5 Å². The highest BCUT2D eigenvalue weighted by molar-refractivity contribution is 6.06. The molecule has 146 valence electrons. The van der Waals surface area contributed by atoms with Crippen LogP contribution in [0.15, 0.2) is 48.7 Å². The van der Waals surface area contributed by atoms with Gasteiger partial charge < -0.3 is 14.8 Å². The van der Waals surface area contributed by atoms with E-state index in [2.05, 4.69) is 23.3 Å². The van der Waals surface area contributed by atoms with Gasteiger partial charge in [-0.2, -0.15) is 0 Å². The number of hydrogen-bond acceptors (Lipinski definition) is 5. The summed E-state index contributed by atoms with van der Waals surface area (Å²) < 4.78 is 11.2. The summed E-state index contributed by atoms with van der Waals surface area (Å²) >= 11 is 0. The Kier molecular flexibility index (Phi) is 6.14. The first-order valence-corrected chi connectivity index (χ1v) is 9.65. The van der Waals surface area contributed by atoms with Crippen molar-refractivity contribution in [1.82, 2.24) is 4.98 Å². The van der Waals surface area contributed by atoms with Crippen LogP contribution in [-0.4, -0.2) is 23.7 Å². The van der Waals surface area contributed by atoms with Gasteiger partial charge in [0.2, 0.25) is 0 Å². The van der Waals surface area contributed by atoms with E-state index in [-0.39, 0.29) is 6.10 Å². The van der Waals surface area contributed by atoms with Crippen LogP contribution < -0.4 is 10.1 Å². The van der Waals surface area contributed by atoms with Crippen molar-refractivity contribution in [3.8, 4) is 5.75 Å². The lowest BCUT2D eigenvalue weighted by Crippen LogP contribution is -2.11. The first-order valence-electron chi connectivity index (χ1n) is 9.65. The molecule has 0 spiro atoms. The zero-order valence-electron chi connectivity index (χ0n) is 16.8. The van der Waals surface area contributed by atoms with Crippen molar-refractivity contribution in [2.75, 3.05) is 11.9 Å². The molecule has 3 rings (SSSR count). The molecule has 1 aromatic heterocycles. The van der Waals surface area contributed by atoms with Crippen molar-refractivity contribution in [3.63, 3.8) is 0 Å². The number of pyridine rings is 1. The molecule has 0 saturated heterocycles. The highest BCUT2D eigenvalue weighted by Gasteiger charge is 2.19. The number of carbonyl (C=O) groups excluding carboxylic acids is 1. The third-order valence-corrected chi connectivity index (χ3v) is 4.37. The van der Waals surface area contributed by atoms with Gasteiger partial charge in [0.05, 0.1) is 29.6 Å². The average molecular weight is 378 g/mol. The van der Waals surface area contributed by atoms with Crippen LogP contribution in [0.1, 0.15) is 43.6 Å². The average Bonchev–Trinajstić information content (AvgIpc) is 2.68. The van der Waals surface area contributed by atoms with Gasteiger partial charge in [-0.25, -0.2) is 4.79 Å². The van der Waals surface area contributed by atoms with E-state index in [9.17, 15) is 4.79 Å². The van der Waals surface area contributed by atoms with Gasteiger partial charge in [-0.05, 0) is 44.9 Å². The monoisotopic (exact) mass is 378 g/mol. The number of benzene rings is 2. The second-order valence-corrected chi connectivity index (χ2v) is 6.72. The van der Waals surface area contributed by atoms with E-state index in [1.165, 1.54) is 0 Å². The molecule has 3 aromatic rings. The van der Waals surface area contributed by atoms with Gasteiger partial charge in [-0.1, -0.05) is 37.3 Å². The maximum Gasteiger partial charge on any atom is 0.341 e. The molecule has 0 aliphatic heterocycles. The minimum absolute atomic E-state index is 0.0355. The number of para-hydroxylation sites is 3. The van der Waals surface area contributed by atoms with Crippen LogP contribution in [0.4, 0.5) is 11.4 Å². The second-order valence-electron chi connectivity index (χ2n) is 6.72. The van der Waals surface area contributed by atoms with Crippen molar-refractivity contribution in [1.29, 1.82) is 0 Å². The summed E-state index contributed by atoms with van der Waals surface area (Å²) in [6.07, 6.45) is 2.48. The van der Waals surface area contributed by atoms with Crippen molar-refractivity contribution in [2.45, 2.75) is 40.2 Å². The molecule has 0 radical (unpaired) electrons. The molecule has 0 aliphatic rings. The van der Waals surface area contributed by atoms with Crippen LogP contribution in [-0.2, 0) is 11.2 Å². The predicted octanol–water partition coefficient (Wildman–Crippen LogP) is 5.50. The lowest BCUT2D eigenvalue weighted by atomic mass is 10.0. The Morgan fingerprint density at radius 3 is 2.61 bits per heavy atom. The third-order valence-electron chi connectivity index (χ3n) is 4.37. The Labute approximate surface area is 165 Å². The number of anilines is 2. The van der Waals surface area contributed by atoms with E-state index in [0.29, 0.717) is 17.9 Å². The second kappa shape index (κ2) is 8.74. The van der Waals surface area contributed by atoms with E-state index in [4.69, 9.17) is 9.47 Å². The van der Waals surface area contributed by atoms with Crippen LogP contribution in [0, 0.1) is 0 Å². The van der Waals surface area contributed by atoms with Crippen LogP contribution in [0.5, 0.6) is 5.75 Å². The van der Waals surface area contributed by atoms with Gasteiger partial charge in [0, 0.05) is 11.6 Å².